The van der Waals surface area contributed by atoms with E-state index < -0.39 is 0 Å². The van der Waals surface area contributed by atoms with Gasteiger partial charge in [-0.3, -0.25) is 9.67 Å². The van der Waals surface area contributed by atoms with E-state index in [1.807, 2.05) is 25.0 Å². The molecule has 2 N–H and O–H groups in total. The Morgan fingerprint density at radius 2 is 2.04 bits per heavy atom. The number of guanidine groups is 1. The van der Waals surface area contributed by atoms with Gasteiger partial charge in [0.1, 0.15) is 0 Å². The van der Waals surface area contributed by atoms with Gasteiger partial charge in [0.05, 0.1) is 6.20 Å². The third-order valence-corrected chi connectivity index (χ3v) is 4.51. The summed E-state index contributed by atoms with van der Waals surface area (Å²) in [5.41, 5.74) is 1.25. The predicted octanol–water partition coefficient (Wildman–Crippen LogP) is 1.25. The van der Waals surface area contributed by atoms with Crippen LogP contribution < -0.4 is 10.6 Å². The minimum atomic E-state index is 0.870. The summed E-state index contributed by atoms with van der Waals surface area (Å²) in [5, 5.41) is 10.9. The first-order chi connectivity index (χ1) is 11.2. The molecule has 1 aliphatic heterocycles. The molecule has 0 aromatic carbocycles. The molecule has 1 aliphatic rings. The Kier molecular flexibility index (Phi) is 7.39. The van der Waals surface area contributed by atoms with Crippen LogP contribution in [0, 0.1) is 5.92 Å². The Hall–Kier alpha value is -1.56. The summed E-state index contributed by atoms with van der Waals surface area (Å²) in [5.74, 6) is 1.80. The highest BCUT2D eigenvalue weighted by Crippen LogP contribution is 2.15. The third-order valence-electron chi connectivity index (χ3n) is 4.51. The Morgan fingerprint density at radius 3 is 2.70 bits per heavy atom. The number of nitrogens with one attached hydrogen (secondary N) is 2. The van der Waals surface area contributed by atoms with Crippen LogP contribution in [0.15, 0.2) is 17.4 Å². The third kappa shape index (κ3) is 6.60. The van der Waals surface area contributed by atoms with Crippen LogP contribution in [-0.2, 0) is 13.5 Å². The lowest BCUT2D eigenvalue weighted by atomic mass is 9.99. The number of piperidine rings is 1. The van der Waals surface area contributed by atoms with E-state index in [-0.39, 0.29) is 0 Å². The number of hydrogen-bond donors (Lipinski definition) is 2. The Balaban J connectivity index is 1.54. The Morgan fingerprint density at radius 1 is 1.30 bits per heavy atom. The monoisotopic (exact) mass is 320 g/mol. The van der Waals surface area contributed by atoms with Gasteiger partial charge < -0.3 is 15.5 Å². The van der Waals surface area contributed by atoms with Crippen LogP contribution in [0.5, 0.6) is 0 Å². The number of hydrogen-bond acceptors (Lipinski definition) is 3. The lowest BCUT2D eigenvalue weighted by Crippen LogP contribution is -2.40. The number of aromatic nitrogens is 2. The van der Waals surface area contributed by atoms with Gasteiger partial charge in [-0.15, -0.1) is 0 Å². The summed E-state index contributed by atoms with van der Waals surface area (Å²) in [7, 11) is 3.77. The molecule has 1 saturated heterocycles. The minimum absolute atomic E-state index is 0.870. The number of nitrogens with zero attached hydrogens (tertiary/aromatic N) is 4. The number of likely N-dealkylation sites (tertiary alicyclic amines) is 1. The molecular weight excluding hydrogens is 288 g/mol. The van der Waals surface area contributed by atoms with Crippen molar-refractivity contribution in [1.82, 2.24) is 25.3 Å². The molecule has 6 nitrogen and oxygen atoms in total. The van der Waals surface area contributed by atoms with Crippen molar-refractivity contribution in [2.75, 3.05) is 39.8 Å². The van der Waals surface area contributed by atoms with Crippen molar-refractivity contribution in [3.63, 3.8) is 0 Å². The molecule has 130 valence electrons. The van der Waals surface area contributed by atoms with Crippen LogP contribution in [-0.4, -0.2) is 60.4 Å². The zero-order chi connectivity index (χ0) is 16.5. The summed E-state index contributed by atoms with van der Waals surface area (Å²) >= 11 is 0. The first-order valence-electron chi connectivity index (χ1n) is 8.81. The van der Waals surface area contributed by atoms with Crippen molar-refractivity contribution in [2.24, 2.45) is 18.0 Å². The van der Waals surface area contributed by atoms with E-state index in [4.69, 9.17) is 0 Å². The Labute approximate surface area is 140 Å². The van der Waals surface area contributed by atoms with Crippen molar-refractivity contribution < 1.29 is 0 Å². The second-order valence-corrected chi connectivity index (χ2v) is 6.58. The minimum Gasteiger partial charge on any atom is -0.356 e. The van der Waals surface area contributed by atoms with E-state index in [0.29, 0.717) is 0 Å². The predicted molar refractivity (Wildman–Crippen MR) is 95.7 cm³/mol. The highest BCUT2D eigenvalue weighted by atomic mass is 15.2. The first kappa shape index (κ1) is 17.8. The fourth-order valence-corrected chi connectivity index (χ4v) is 2.94. The van der Waals surface area contributed by atoms with Crippen LogP contribution >= 0.6 is 0 Å². The summed E-state index contributed by atoms with van der Waals surface area (Å²) in [4.78, 5) is 6.86. The summed E-state index contributed by atoms with van der Waals surface area (Å²) in [6.45, 7) is 7.92. The van der Waals surface area contributed by atoms with Gasteiger partial charge in [0.2, 0.25) is 0 Å². The standard InChI is InChI=1S/C17H32N6/c1-15-6-11-23(12-7-15)10-4-8-19-17(18-2)20-9-5-16-13-21-22(3)14-16/h13-15H,4-12H2,1-3H3,(H2,18,19,20). The molecule has 1 aromatic rings. The molecule has 0 bridgehead atoms. The van der Waals surface area contributed by atoms with Crippen molar-refractivity contribution in [1.29, 1.82) is 0 Å². The molecule has 0 saturated carbocycles. The normalized spacial score (nSPS) is 17.4. The van der Waals surface area contributed by atoms with E-state index in [1.54, 1.807) is 0 Å². The molecule has 1 aromatic heterocycles. The van der Waals surface area contributed by atoms with Gasteiger partial charge in [-0.25, -0.2) is 0 Å². The van der Waals surface area contributed by atoms with E-state index in [1.165, 1.54) is 38.0 Å². The summed E-state index contributed by atoms with van der Waals surface area (Å²) in [6.07, 6.45) is 8.79. The van der Waals surface area contributed by atoms with Crippen LogP contribution in [0.4, 0.5) is 0 Å². The maximum atomic E-state index is 4.28. The molecular formula is C17H32N6. The van der Waals surface area contributed by atoms with E-state index in [2.05, 4.69) is 38.7 Å². The molecule has 1 fully saturated rings. The average Bonchev–Trinajstić information content (AvgIpc) is 2.97. The molecule has 0 aliphatic carbocycles. The molecule has 0 radical (unpaired) electrons. The zero-order valence-electron chi connectivity index (χ0n) is 14.9. The van der Waals surface area contributed by atoms with Gasteiger partial charge in [-0.2, -0.15) is 5.10 Å². The van der Waals surface area contributed by atoms with Crippen LogP contribution in [0.25, 0.3) is 0 Å². The highest BCUT2D eigenvalue weighted by Gasteiger charge is 2.14. The maximum absolute atomic E-state index is 4.28. The largest absolute Gasteiger partial charge is 0.356 e. The SMILES string of the molecule is CN=C(NCCCN1CCC(C)CC1)NCCc1cnn(C)c1. The quantitative estimate of drug-likeness (QED) is 0.451. The molecule has 0 unspecified atom stereocenters. The zero-order valence-corrected chi connectivity index (χ0v) is 14.9. The van der Waals surface area contributed by atoms with E-state index in [9.17, 15) is 0 Å². The lowest BCUT2D eigenvalue weighted by molar-refractivity contribution is 0.191. The van der Waals surface area contributed by atoms with E-state index >= 15 is 0 Å². The fourth-order valence-electron chi connectivity index (χ4n) is 2.94. The van der Waals surface area contributed by atoms with Gasteiger partial charge in [0.15, 0.2) is 5.96 Å². The number of rotatable bonds is 7. The second-order valence-electron chi connectivity index (χ2n) is 6.58. The lowest BCUT2D eigenvalue weighted by Gasteiger charge is -2.30. The van der Waals surface area contributed by atoms with Crippen LogP contribution in [0.2, 0.25) is 0 Å². The molecule has 23 heavy (non-hydrogen) atoms. The molecule has 0 amide bonds. The van der Waals surface area contributed by atoms with Gasteiger partial charge in [0, 0.05) is 33.4 Å². The molecule has 2 heterocycles. The van der Waals surface area contributed by atoms with Gasteiger partial charge >= 0.3 is 0 Å². The van der Waals surface area contributed by atoms with Gasteiger partial charge in [-0.1, -0.05) is 6.92 Å². The second kappa shape index (κ2) is 9.55. The Bertz CT molecular complexity index is 473. The molecule has 0 spiro atoms. The van der Waals surface area contributed by atoms with Crippen molar-refractivity contribution >= 4 is 5.96 Å². The van der Waals surface area contributed by atoms with Crippen LogP contribution in [0.1, 0.15) is 31.7 Å². The van der Waals surface area contributed by atoms with Gasteiger partial charge in [-0.05, 0) is 56.8 Å². The van der Waals surface area contributed by atoms with Gasteiger partial charge in [0.25, 0.3) is 0 Å². The van der Waals surface area contributed by atoms with E-state index in [0.717, 1.165) is 37.8 Å². The number of aryl methyl sites for hydroxylation is 1. The summed E-state index contributed by atoms with van der Waals surface area (Å²) < 4.78 is 1.84. The summed E-state index contributed by atoms with van der Waals surface area (Å²) in [6, 6.07) is 0. The maximum Gasteiger partial charge on any atom is 0.190 e. The average molecular weight is 320 g/mol. The van der Waals surface area contributed by atoms with Crippen molar-refractivity contribution in [2.45, 2.75) is 32.6 Å². The first-order valence-corrected chi connectivity index (χ1v) is 8.81. The molecule has 2 rings (SSSR count). The van der Waals surface area contributed by atoms with Crippen LogP contribution in [0.3, 0.4) is 0 Å². The number of aliphatic imine (C=N–C) groups is 1. The smallest absolute Gasteiger partial charge is 0.190 e. The van der Waals surface area contributed by atoms with Crippen molar-refractivity contribution in [3.8, 4) is 0 Å². The highest BCUT2D eigenvalue weighted by molar-refractivity contribution is 5.79. The molecule has 0 atom stereocenters. The molecule has 6 heteroatoms. The fraction of sp³-hybridized carbons (Fsp3) is 0.765. The topological polar surface area (TPSA) is 57.5 Å². The van der Waals surface area contributed by atoms with Crippen molar-refractivity contribution in [3.05, 3.63) is 18.0 Å².